The highest BCUT2D eigenvalue weighted by Crippen LogP contribution is 2.44. The lowest BCUT2D eigenvalue weighted by Gasteiger charge is -2.37. The van der Waals surface area contributed by atoms with Crippen molar-refractivity contribution in [1.29, 1.82) is 0 Å². The average molecular weight is 408 g/mol. The third kappa shape index (κ3) is 3.84. The van der Waals surface area contributed by atoms with Gasteiger partial charge in [-0.25, -0.2) is 0 Å². The van der Waals surface area contributed by atoms with E-state index < -0.39 is 0 Å². The quantitative estimate of drug-likeness (QED) is 0.487. The van der Waals surface area contributed by atoms with Gasteiger partial charge in [-0.2, -0.15) is 0 Å². The lowest BCUT2D eigenvalue weighted by Crippen LogP contribution is -2.41. The summed E-state index contributed by atoms with van der Waals surface area (Å²) in [6, 6.07) is 15.2. The largest absolute Gasteiger partial charge is 0.358 e. The van der Waals surface area contributed by atoms with Crippen LogP contribution >= 0.6 is 11.6 Å². The van der Waals surface area contributed by atoms with Gasteiger partial charge in [-0.1, -0.05) is 41.4 Å². The van der Waals surface area contributed by atoms with Crippen molar-refractivity contribution in [2.75, 3.05) is 13.1 Å². The van der Waals surface area contributed by atoms with Gasteiger partial charge in [0, 0.05) is 39.5 Å². The van der Waals surface area contributed by atoms with Crippen LogP contribution in [-0.2, 0) is 6.42 Å². The number of H-pyrrole nitrogens is 1. The van der Waals surface area contributed by atoms with E-state index in [1.165, 1.54) is 46.1 Å². The average Bonchev–Trinajstić information content (AvgIpc) is 3.47. The summed E-state index contributed by atoms with van der Waals surface area (Å²) in [6.45, 7) is 4.30. The molecule has 4 N–H and O–H groups in total. The van der Waals surface area contributed by atoms with Crippen molar-refractivity contribution in [2.45, 2.75) is 50.5 Å². The molecule has 2 aromatic carbocycles. The van der Waals surface area contributed by atoms with E-state index in [4.69, 9.17) is 17.3 Å². The van der Waals surface area contributed by atoms with E-state index in [2.05, 4.69) is 53.6 Å². The molecule has 5 rings (SSSR count). The van der Waals surface area contributed by atoms with Gasteiger partial charge in [-0.3, -0.25) is 0 Å². The number of benzene rings is 2. The van der Waals surface area contributed by atoms with Gasteiger partial charge in [0.25, 0.3) is 0 Å². The van der Waals surface area contributed by atoms with Crippen molar-refractivity contribution in [3.8, 4) is 0 Å². The molecular weight excluding hydrogens is 378 g/mol. The molecule has 0 radical (unpaired) electrons. The van der Waals surface area contributed by atoms with Crippen LogP contribution in [0.15, 0.2) is 42.5 Å². The van der Waals surface area contributed by atoms with E-state index in [0.717, 1.165) is 36.9 Å². The fraction of sp³-hybridized carbons (Fsp3) is 0.440. The zero-order chi connectivity index (χ0) is 20.0. The van der Waals surface area contributed by atoms with Gasteiger partial charge in [0.15, 0.2) is 0 Å². The van der Waals surface area contributed by atoms with E-state index in [-0.39, 0.29) is 6.04 Å². The number of fused-ring (bicyclic) bond motifs is 3. The van der Waals surface area contributed by atoms with Crippen LogP contribution in [0, 0.1) is 12.8 Å². The van der Waals surface area contributed by atoms with Gasteiger partial charge in [0.1, 0.15) is 0 Å². The molecule has 0 amide bonds. The Kier molecular flexibility index (Phi) is 5.15. The van der Waals surface area contributed by atoms with Crippen LogP contribution in [0.4, 0.5) is 0 Å². The lowest BCUT2D eigenvalue weighted by molar-refractivity contribution is 0.391. The Balaban J connectivity index is 1.49. The zero-order valence-corrected chi connectivity index (χ0v) is 17.8. The van der Waals surface area contributed by atoms with Crippen molar-refractivity contribution in [3.05, 3.63) is 69.9 Å². The molecule has 3 nitrogen and oxygen atoms in total. The van der Waals surface area contributed by atoms with E-state index >= 15 is 0 Å². The monoisotopic (exact) mass is 407 g/mol. The molecule has 2 aliphatic rings. The van der Waals surface area contributed by atoms with Gasteiger partial charge in [0.05, 0.1) is 0 Å². The summed E-state index contributed by atoms with van der Waals surface area (Å²) in [7, 11) is 0. The van der Waals surface area contributed by atoms with Crippen molar-refractivity contribution in [1.82, 2.24) is 10.3 Å². The highest BCUT2D eigenvalue weighted by molar-refractivity contribution is 6.31. The van der Waals surface area contributed by atoms with Crippen molar-refractivity contribution in [3.63, 3.8) is 0 Å². The number of hydrogen-bond donors (Lipinski definition) is 3. The minimum atomic E-state index is 0.103. The number of nitrogens with one attached hydrogen (secondary N) is 2. The summed E-state index contributed by atoms with van der Waals surface area (Å²) in [5.74, 6) is 1.56. The normalized spacial score (nSPS) is 24.0. The third-order valence-electron chi connectivity index (χ3n) is 6.87. The minimum absolute atomic E-state index is 0.103. The van der Waals surface area contributed by atoms with Crippen molar-refractivity contribution in [2.24, 2.45) is 11.7 Å². The number of aromatic amines is 1. The molecule has 2 aliphatic carbocycles. The van der Waals surface area contributed by atoms with Gasteiger partial charge in [-0.05, 0) is 80.9 Å². The molecule has 29 heavy (non-hydrogen) atoms. The van der Waals surface area contributed by atoms with Crippen LogP contribution in [0.2, 0.25) is 5.02 Å². The summed E-state index contributed by atoms with van der Waals surface area (Å²) < 4.78 is 0. The standard InChI is InChI=1S/C25H30ClN3/c1-15-2-6-17(7-3-15)20-13-23-24(21-12-18(26)8-9-22(21)29-23)19(25(20)27)10-11-28-14-16-4-5-16/h2-3,6-9,12,16,19-20,25,28-29H,4-5,10-11,13-14,27H2,1H3/t19-,20-,25+/m1/s1. The maximum atomic E-state index is 6.98. The number of hydrogen-bond acceptors (Lipinski definition) is 2. The Morgan fingerprint density at radius 2 is 1.93 bits per heavy atom. The summed E-state index contributed by atoms with van der Waals surface area (Å²) >= 11 is 6.35. The molecule has 0 bridgehead atoms. The molecule has 1 saturated carbocycles. The van der Waals surface area contributed by atoms with Crippen LogP contribution in [0.5, 0.6) is 0 Å². The first-order valence-electron chi connectivity index (χ1n) is 10.9. The van der Waals surface area contributed by atoms with E-state index in [1.807, 2.05) is 6.07 Å². The number of aryl methyl sites for hydroxylation is 1. The number of nitrogens with two attached hydrogens (primary N) is 1. The molecule has 1 aromatic heterocycles. The van der Waals surface area contributed by atoms with Gasteiger partial charge in [-0.15, -0.1) is 0 Å². The topological polar surface area (TPSA) is 53.8 Å². The van der Waals surface area contributed by atoms with Crippen molar-refractivity contribution < 1.29 is 0 Å². The van der Waals surface area contributed by atoms with Crippen LogP contribution in [-0.4, -0.2) is 24.1 Å². The molecule has 0 unspecified atom stereocenters. The zero-order valence-electron chi connectivity index (χ0n) is 17.0. The summed E-state index contributed by atoms with van der Waals surface area (Å²) in [5, 5.41) is 5.71. The van der Waals surface area contributed by atoms with Gasteiger partial charge in [0.2, 0.25) is 0 Å². The third-order valence-corrected chi connectivity index (χ3v) is 7.11. The highest BCUT2D eigenvalue weighted by atomic mass is 35.5. The number of aromatic nitrogens is 1. The molecule has 3 atom stereocenters. The fourth-order valence-electron chi connectivity index (χ4n) is 5.03. The van der Waals surface area contributed by atoms with Crippen LogP contribution in [0.3, 0.4) is 0 Å². The Labute approximate surface area is 178 Å². The van der Waals surface area contributed by atoms with Crippen LogP contribution < -0.4 is 11.1 Å². The summed E-state index contributed by atoms with van der Waals surface area (Å²) in [4.78, 5) is 3.69. The summed E-state index contributed by atoms with van der Waals surface area (Å²) in [6.07, 6.45) is 4.79. The van der Waals surface area contributed by atoms with Crippen LogP contribution in [0.1, 0.15) is 53.5 Å². The van der Waals surface area contributed by atoms with E-state index in [1.54, 1.807) is 0 Å². The predicted molar refractivity (Wildman–Crippen MR) is 122 cm³/mol. The number of rotatable bonds is 6. The molecular formula is C25H30ClN3. The van der Waals surface area contributed by atoms with Gasteiger partial charge < -0.3 is 16.0 Å². The molecule has 152 valence electrons. The van der Waals surface area contributed by atoms with Gasteiger partial charge >= 0.3 is 0 Å². The Hall–Kier alpha value is -1.81. The first-order valence-corrected chi connectivity index (χ1v) is 11.3. The second-order valence-electron chi connectivity index (χ2n) is 9.05. The molecule has 1 heterocycles. The second-order valence-corrected chi connectivity index (χ2v) is 9.48. The maximum absolute atomic E-state index is 6.98. The smallest absolute Gasteiger partial charge is 0.0460 e. The fourth-order valence-corrected chi connectivity index (χ4v) is 5.20. The van der Waals surface area contributed by atoms with Crippen molar-refractivity contribution >= 4 is 22.5 Å². The number of halogens is 1. The Bertz CT molecular complexity index is 1000. The molecule has 3 aromatic rings. The molecule has 0 aliphatic heterocycles. The maximum Gasteiger partial charge on any atom is 0.0460 e. The first kappa shape index (κ1) is 19.2. The summed E-state index contributed by atoms with van der Waals surface area (Å²) in [5.41, 5.74) is 13.5. The molecule has 1 fully saturated rings. The van der Waals surface area contributed by atoms with Crippen LogP contribution in [0.25, 0.3) is 10.9 Å². The molecule has 0 saturated heterocycles. The minimum Gasteiger partial charge on any atom is -0.358 e. The molecule has 0 spiro atoms. The lowest BCUT2D eigenvalue weighted by atomic mass is 9.71. The highest BCUT2D eigenvalue weighted by Gasteiger charge is 2.37. The van der Waals surface area contributed by atoms with E-state index in [0.29, 0.717) is 11.8 Å². The predicted octanol–water partition coefficient (Wildman–Crippen LogP) is 5.27. The Morgan fingerprint density at radius 3 is 2.69 bits per heavy atom. The SMILES string of the molecule is Cc1ccc([C@H]2Cc3[nH]c4ccc(Cl)cc4c3[C@@H](CCNCC3CC3)[C@@H]2N)cc1. The molecule has 4 heteroatoms. The first-order chi connectivity index (χ1) is 14.1. The Morgan fingerprint density at radius 1 is 1.14 bits per heavy atom. The second kappa shape index (κ2) is 7.79. The van der Waals surface area contributed by atoms with E-state index in [9.17, 15) is 0 Å².